The summed E-state index contributed by atoms with van der Waals surface area (Å²) in [7, 11) is 0. The van der Waals surface area contributed by atoms with Crippen LogP contribution in [0.3, 0.4) is 0 Å². The van der Waals surface area contributed by atoms with Crippen molar-refractivity contribution < 1.29 is 0 Å². The lowest BCUT2D eigenvalue weighted by Crippen LogP contribution is -1.87. The van der Waals surface area contributed by atoms with Crippen LogP contribution in [0.4, 0.5) is 0 Å². The molecular formula is C37H23N. The third-order valence-corrected chi connectivity index (χ3v) is 7.91. The maximum Gasteiger partial charge on any atom is 0.0780 e. The summed E-state index contributed by atoms with van der Waals surface area (Å²) >= 11 is 0. The first kappa shape index (κ1) is 21.1. The molecule has 38 heavy (non-hydrogen) atoms. The Morgan fingerprint density at radius 1 is 0.342 bits per heavy atom. The van der Waals surface area contributed by atoms with Crippen LogP contribution in [-0.4, -0.2) is 4.98 Å². The fraction of sp³-hybridized carbons (Fsp3) is 0. The zero-order valence-electron chi connectivity index (χ0n) is 20.7. The van der Waals surface area contributed by atoms with E-state index >= 15 is 0 Å². The molecule has 0 atom stereocenters. The molecule has 1 aliphatic carbocycles. The molecule has 0 fully saturated rings. The highest BCUT2D eigenvalue weighted by Gasteiger charge is 2.22. The van der Waals surface area contributed by atoms with Crippen LogP contribution < -0.4 is 0 Å². The Hall–Kier alpha value is -5.01. The number of hydrogen-bond acceptors (Lipinski definition) is 1. The van der Waals surface area contributed by atoms with E-state index in [4.69, 9.17) is 0 Å². The van der Waals surface area contributed by atoms with E-state index in [-0.39, 0.29) is 0 Å². The highest BCUT2D eigenvalue weighted by atomic mass is 14.7. The van der Waals surface area contributed by atoms with E-state index in [0.717, 1.165) is 11.3 Å². The van der Waals surface area contributed by atoms with Gasteiger partial charge in [0.05, 0.1) is 5.69 Å². The second-order valence-corrected chi connectivity index (χ2v) is 9.97. The fourth-order valence-electron chi connectivity index (χ4n) is 6.07. The Morgan fingerprint density at radius 2 is 0.895 bits per heavy atom. The topological polar surface area (TPSA) is 12.9 Å². The van der Waals surface area contributed by atoms with Gasteiger partial charge >= 0.3 is 0 Å². The van der Waals surface area contributed by atoms with Crippen LogP contribution in [0.2, 0.25) is 0 Å². The summed E-state index contributed by atoms with van der Waals surface area (Å²) in [6.45, 7) is 0. The highest BCUT2D eigenvalue weighted by Crippen LogP contribution is 2.49. The quantitative estimate of drug-likeness (QED) is 0.245. The summed E-state index contributed by atoms with van der Waals surface area (Å²) < 4.78 is 0. The predicted octanol–water partition coefficient (Wildman–Crippen LogP) is 10.0. The summed E-state index contributed by atoms with van der Waals surface area (Å²) in [6, 6.07) is 48.2. The highest BCUT2D eigenvalue weighted by molar-refractivity contribution is 6.18. The summed E-state index contributed by atoms with van der Waals surface area (Å²) in [5, 5.41) is 5.08. The van der Waals surface area contributed by atoms with Crippen molar-refractivity contribution in [3.05, 3.63) is 140 Å². The maximum atomic E-state index is 4.68. The van der Waals surface area contributed by atoms with E-state index in [1.165, 1.54) is 66.1 Å². The molecule has 1 aromatic heterocycles. The van der Waals surface area contributed by atoms with Gasteiger partial charge in [-0.25, -0.2) is 0 Å². The second kappa shape index (κ2) is 8.26. The molecule has 6 aromatic carbocycles. The first-order valence-electron chi connectivity index (χ1n) is 13.1. The number of hydrogen-bond donors (Lipinski definition) is 0. The van der Waals surface area contributed by atoms with Crippen LogP contribution in [-0.2, 0) is 0 Å². The zero-order valence-corrected chi connectivity index (χ0v) is 20.7. The fourth-order valence-corrected chi connectivity index (χ4v) is 6.07. The summed E-state index contributed by atoms with van der Waals surface area (Å²) in [5.74, 6) is 0. The number of pyridine rings is 1. The van der Waals surface area contributed by atoms with Crippen LogP contribution in [0.1, 0.15) is 0 Å². The maximum absolute atomic E-state index is 4.68. The molecule has 0 saturated heterocycles. The average Bonchev–Trinajstić information content (AvgIpc) is 3.33. The minimum absolute atomic E-state index is 1.03. The van der Waals surface area contributed by atoms with Crippen molar-refractivity contribution >= 4 is 21.5 Å². The van der Waals surface area contributed by atoms with Gasteiger partial charge in [-0.2, -0.15) is 0 Å². The van der Waals surface area contributed by atoms with Gasteiger partial charge in [0.25, 0.3) is 0 Å². The molecule has 1 heterocycles. The third kappa shape index (κ3) is 3.16. The van der Waals surface area contributed by atoms with Crippen molar-refractivity contribution in [2.24, 2.45) is 0 Å². The lowest BCUT2D eigenvalue weighted by molar-refractivity contribution is 1.36. The van der Waals surface area contributed by atoms with E-state index in [1.54, 1.807) is 0 Å². The van der Waals surface area contributed by atoms with Gasteiger partial charge in [-0.15, -0.1) is 0 Å². The van der Waals surface area contributed by atoms with E-state index in [9.17, 15) is 0 Å². The van der Waals surface area contributed by atoms with Gasteiger partial charge in [-0.05, 0) is 66.7 Å². The number of nitrogens with zero attached hydrogens (tertiary/aromatic N) is 1. The SMILES string of the molecule is c1ccc2c(c1)-c1cccc3c(-c4ccc(-c5ccc(-c6nccc7ccccc67)cc5)cc4)ccc-2c13. The van der Waals surface area contributed by atoms with Crippen molar-refractivity contribution in [1.82, 2.24) is 4.98 Å². The van der Waals surface area contributed by atoms with Gasteiger partial charge in [0.2, 0.25) is 0 Å². The standard InChI is InChI=1S/C37H23N/c1-2-7-30-26(6-1)22-23-38-37(30)28-18-14-25(15-19-28)24-12-16-27(17-13-24)29-20-21-35-32-9-4-3-8-31(32)34-11-5-10-33(29)36(34)35/h1-23H. The summed E-state index contributed by atoms with van der Waals surface area (Å²) in [4.78, 5) is 4.68. The van der Waals surface area contributed by atoms with Gasteiger partial charge in [0.1, 0.15) is 0 Å². The first-order valence-corrected chi connectivity index (χ1v) is 13.1. The number of benzene rings is 6. The van der Waals surface area contributed by atoms with Gasteiger partial charge in [-0.3, -0.25) is 4.98 Å². The Kier molecular flexibility index (Phi) is 4.59. The molecule has 0 bridgehead atoms. The molecule has 7 aromatic rings. The van der Waals surface area contributed by atoms with Crippen molar-refractivity contribution in [3.8, 4) is 55.8 Å². The van der Waals surface area contributed by atoms with E-state index in [1.807, 2.05) is 6.20 Å². The molecule has 0 aliphatic heterocycles. The lowest BCUT2D eigenvalue weighted by Gasteiger charge is -2.11. The van der Waals surface area contributed by atoms with Gasteiger partial charge < -0.3 is 0 Å². The van der Waals surface area contributed by atoms with E-state index < -0.39 is 0 Å². The minimum Gasteiger partial charge on any atom is -0.256 e. The Labute approximate surface area is 221 Å². The average molecular weight is 482 g/mol. The van der Waals surface area contributed by atoms with Crippen molar-refractivity contribution in [1.29, 1.82) is 0 Å². The van der Waals surface area contributed by atoms with Gasteiger partial charge in [-0.1, -0.05) is 127 Å². The summed E-state index contributed by atoms with van der Waals surface area (Å²) in [6.07, 6.45) is 1.89. The third-order valence-electron chi connectivity index (χ3n) is 7.91. The monoisotopic (exact) mass is 481 g/mol. The molecule has 0 radical (unpaired) electrons. The smallest absolute Gasteiger partial charge is 0.0780 e. The zero-order chi connectivity index (χ0) is 25.1. The van der Waals surface area contributed by atoms with Crippen molar-refractivity contribution in [2.45, 2.75) is 0 Å². The van der Waals surface area contributed by atoms with Gasteiger partial charge in [0, 0.05) is 17.1 Å². The molecule has 1 nitrogen and oxygen atoms in total. The number of rotatable bonds is 3. The molecule has 1 aliphatic rings. The molecular weight excluding hydrogens is 458 g/mol. The second-order valence-electron chi connectivity index (χ2n) is 9.97. The molecule has 8 rings (SSSR count). The minimum atomic E-state index is 1.03. The molecule has 176 valence electrons. The Balaban J connectivity index is 1.15. The van der Waals surface area contributed by atoms with E-state index in [0.29, 0.717) is 0 Å². The largest absolute Gasteiger partial charge is 0.256 e. The molecule has 0 unspecified atom stereocenters. The normalized spacial score (nSPS) is 11.7. The lowest BCUT2D eigenvalue weighted by atomic mass is 9.93. The van der Waals surface area contributed by atoms with Crippen LogP contribution in [0.25, 0.3) is 77.3 Å². The number of fused-ring (bicyclic) bond motifs is 4. The van der Waals surface area contributed by atoms with Crippen LogP contribution >= 0.6 is 0 Å². The van der Waals surface area contributed by atoms with Crippen LogP contribution in [0, 0.1) is 0 Å². The molecule has 0 saturated carbocycles. The van der Waals surface area contributed by atoms with E-state index in [2.05, 4.69) is 138 Å². The molecule has 0 amide bonds. The molecule has 1 heteroatoms. The van der Waals surface area contributed by atoms with Crippen molar-refractivity contribution in [2.75, 3.05) is 0 Å². The van der Waals surface area contributed by atoms with Gasteiger partial charge in [0.15, 0.2) is 0 Å². The Bertz CT molecular complexity index is 1960. The number of aromatic nitrogens is 1. The summed E-state index contributed by atoms with van der Waals surface area (Å²) in [5.41, 5.74) is 12.5. The molecule has 0 spiro atoms. The van der Waals surface area contributed by atoms with Crippen LogP contribution in [0.15, 0.2) is 140 Å². The van der Waals surface area contributed by atoms with Crippen LogP contribution in [0.5, 0.6) is 0 Å². The first-order chi connectivity index (χ1) is 18.8. The van der Waals surface area contributed by atoms with Crippen molar-refractivity contribution in [3.63, 3.8) is 0 Å². The predicted molar refractivity (Wildman–Crippen MR) is 160 cm³/mol. The molecule has 0 N–H and O–H groups in total. The Morgan fingerprint density at radius 3 is 1.66 bits per heavy atom.